The van der Waals surface area contributed by atoms with Crippen LogP contribution in [0.25, 0.3) is 0 Å². The zero-order valence-electron chi connectivity index (χ0n) is 11.9. The minimum absolute atomic E-state index is 0.0335. The molecular weight excluding hydrogens is 255 g/mol. The third kappa shape index (κ3) is 7.14. The van der Waals surface area contributed by atoms with Gasteiger partial charge in [-0.25, -0.2) is 0 Å². The van der Waals surface area contributed by atoms with Crippen molar-refractivity contribution in [1.29, 1.82) is 0 Å². The van der Waals surface area contributed by atoms with E-state index in [0.717, 1.165) is 6.42 Å². The van der Waals surface area contributed by atoms with Crippen molar-refractivity contribution < 1.29 is 23.9 Å². The van der Waals surface area contributed by atoms with Crippen LogP contribution in [0.5, 0.6) is 0 Å². The Balaban J connectivity index is 4.36. The summed E-state index contributed by atoms with van der Waals surface area (Å²) in [6.45, 7) is 9.58. The molecule has 0 heterocycles. The normalized spacial score (nSPS) is 13.5. The monoisotopic (exact) mass is 280 g/mol. The van der Waals surface area contributed by atoms with Crippen molar-refractivity contribution in [2.75, 3.05) is 12.8 Å². The highest BCUT2D eigenvalue weighted by molar-refractivity contribution is 7.51. The van der Waals surface area contributed by atoms with Crippen LogP contribution in [-0.4, -0.2) is 28.5 Å². The second kappa shape index (κ2) is 6.18. The standard InChI is InChI=1S/C12H25O5P/c1-6-11(2,3)9-12(4,5)10(13)17-7-8-18(14,15)16/h6-9H2,1-5H3,(H2,14,15,16). The number of rotatable bonds is 7. The quantitative estimate of drug-likeness (QED) is 0.553. The fourth-order valence-corrected chi connectivity index (χ4v) is 2.18. The Labute approximate surface area is 109 Å². The summed E-state index contributed by atoms with van der Waals surface area (Å²) in [5, 5.41) is 0. The van der Waals surface area contributed by atoms with E-state index in [0.29, 0.717) is 6.42 Å². The molecule has 0 fully saturated rings. The highest BCUT2D eigenvalue weighted by Crippen LogP contribution is 2.37. The van der Waals surface area contributed by atoms with Gasteiger partial charge in [0.1, 0.15) is 6.61 Å². The van der Waals surface area contributed by atoms with Crippen molar-refractivity contribution in [2.45, 2.75) is 47.5 Å². The Morgan fingerprint density at radius 2 is 1.72 bits per heavy atom. The zero-order chi connectivity index (χ0) is 14.6. The molecule has 0 atom stereocenters. The third-order valence-electron chi connectivity index (χ3n) is 3.05. The summed E-state index contributed by atoms with van der Waals surface area (Å²) in [5.41, 5.74) is -0.611. The van der Waals surface area contributed by atoms with Crippen LogP contribution in [0, 0.1) is 10.8 Å². The fourth-order valence-electron chi connectivity index (χ4n) is 1.85. The smallest absolute Gasteiger partial charge is 0.328 e. The minimum atomic E-state index is -4.10. The van der Waals surface area contributed by atoms with Crippen molar-refractivity contribution in [3.8, 4) is 0 Å². The number of hydrogen-bond acceptors (Lipinski definition) is 3. The summed E-state index contributed by atoms with van der Waals surface area (Å²) in [6.07, 6.45) is 1.20. The van der Waals surface area contributed by atoms with Crippen molar-refractivity contribution in [2.24, 2.45) is 10.8 Å². The molecule has 2 N–H and O–H groups in total. The molecule has 0 amide bonds. The highest BCUT2D eigenvalue weighted by Gasteiger charge is 2.35. The van der Waals surface area contributed by atoms with E-state index < -0.39 is 25.1 Å². The topological polar surface area (TPSA) is 83.8 Å². The van der Waals surface area contributed by atoms with Gasteiger partial charge in [0.2, 0.25) is 0 Å². The predicted octanol–water partition coefficient (Wildman–Crippen LogP) is 2.56. The molecule has 0 aliphatic carbocycles. The van der Waals surface area contributed by atoms with Crippen LogP contribution in [0.15, 0.2) is 0 Å². The fraction of sp³-hybridized carbons (Fsp3) is 0.917. The van der Waals surface area contributed by atoms with E-state index in [1.807, 2.05) is 0 Å². The maximum Gasteiger partial charge on any atom is 0.328 e. The van der Waals surface area contributed by atoms with E-state index in [1.165, 1.54) is 0 Å². The molecule has 5 nitrogen and oxygen atoms in total. The second-order valence-electron chi connectivity index (χ2n) is 6.10. The van der Waals surface area contributed by atoms with Gasteiger partial charge in [-0.2, -0.15) is 0 Å². The van der Waals surface area contributed by atoms with E-state index in [4.69, 9.17) is 14.5 Å². The minimum Gasteiger partial charge on any atom is -0.465 e. The number of hydrogen-bond donors (Lipinski definition) is 2. The molecular formula is C12H25O5P. The summed E-state index contributed by atoms with van der Waals surface area (Å²) in [4.78, 5) is 29.2. The first-order chi connectivity index (χ1) is 7.90. The predicted molar refractivity (Wildman–Crippen MR) is 70.3 cm³/mol. The molecule has 0 unspecified atom stereocenters. The van der Waals surface area contributed by atoms with Gasteiger partial charge in [0.25, 0.3) is 0 Å². The van der Waals surface area contributed by atoms with E-state index in [2.05, 4.69) is 20.8 Å². The molecule has 0 aromatic carbocycles. The molecule has 0 radical (unpaired) electrons. The maximum absolute atomic E-state index is 11.9. The molecule has 108 valence electrons. The van der Waals surface area contributed by atoms with Gasteiger partial charge in [-0.15, -0.1) is 0 Å². The molecule has 0 rings (SSSR count). The Bertz CT molecular complexity index is 329. The highest BCUT2D eigenvalue weighted by atomic mass is 31.2. The van der Waals surface area contributed by atoms with Gasteiger partial charge in [-0.3, -0.25) is 9.36 Å². The first-order valence-electron chi connectivity index (χ1n) is 6.11. The number of carbonyl (C=O) groups is 1. The Morgan fingerprint density at radius 1 is 1.22 bits per heavy atom. The lowest BCUT2D eigenvalue weighted by Gasteiger charge is -2.32. The molecule has 6 heteroatoms. The number of esters is 1. The Hall–Kier alpha value is -0.380. The maximum atomic E-state index is 11.9. The average Bonchev–Trinajstić information content (AvgIpc) is 2.14. The summed E-state index contributed by atoms with van der Waals surface area (Å²) >= 11 is 0. The SMILES string of the molecule is CCC(C)(C)CC(C)(C)C(=O)OCCP(=O)(O)O. The molecule has 0 aliphatic rings. The van der Waals surface area contributed by atoms with Crippen LogP contribution >= 0.6 is 7.60 Å². The molecule has 18 heavy (non-hydrogen) atoms. The van der Waals surface area contributed by atoms with Gasteiger partial charge in [-0.05, 0) is 25.7 Å². The summed E-state index contributed by atoms with van der Waals surface area (Å²) in [5.74, 6) is -0.405. The van der Waals surface area contributed by atoms with E-state index >= 15 is 0 Å². The van der Waals surface area contributed by atoms with Gasteiger partial charge < -0.3 is 14.5 Å². The average molecular weight is 280 g/mol. The van der Waals surface area contributed by atoms with Gasteiger partial charge >= 0.3 is 13.6 Å². The lowest BCUT2D eigenvalue weighted by atomic mass is 9.74. The summed E-state index contributed by atoms with van der Waals surface area (Å²) in [6, 6.07) is 0. The van der Waals surface area contributed by atoms with Gasteiger partial charge in [0.15, 0.2) is 0 Å². The lowest BCUT2D eigenvalue weighted by molar-refractivity contribution is -0.155. The molecule has 0 aromatic heterocycles. The number of carbonyl (C=O) groups excluding carboxylic acids is 1. The van der Waals surface area contributed by atoms with Crippen LogP contribution in [0.2, 0.25) is 0 Å². The van der Waals surface area contributed by atoms with Crippen molar-refractivity contribution >= 4 is 13.6 Å². The Morgan fingerprint density at radius 3 is 2.11 bits per heavy atom. The van der Waals surface area contributed by atoms with Crippen LogP contribution < -0.4 is 0 Å². The van der Waals surface area contributed by atoms with Gasteiger partial charge in [-0.1, -0.05) is 27.2 Å². The van der Waals surface area contributed by atoms with Crippen molar-refractivity contribution in [1.82, 2.24) is 0 Å². The molecule has 0 saturated carbocycles. The lowest BCUT2D eigenvalue weighted by Crippen LogP contribution is -2.32. The van der Waals surface area contributed by atoms with Crippen LogP contribution in [0.1, 0.15) is 47.5 Å². The van der Waals surface area contributed by atoms with Gasteiger partial charge in [0.05, 0.1) is 11.6 Å². The van der Waals surface area contributed by atoms with Gasteiger partial charge in [0, 0.05) is 0 Å². The molecule has 0 bridgehead atoms. The largest absolute Gasteiger partial charge is 0.465 e. The van der Waals surface area contributed by atoms with Crippen LogP contribution in [0.4, 0.5) is 0 Å². The molecule has 0 spiro atoms. The zero-order valence-corrected chi connectivity index (χ0v) is 12.8. The van der Waals surface area contributed by atoms with E-state index in [-0.39, 0.29) is 12.0 Å². The van der Waals surface area contributed by atoms with E-state index in [1.54, 1.807) is 13.8 Å². The van der Waals surface area contributed by atoms with Crippen molar-refractivity contribution in [3.05, 3.63) is 0 Å². The molecule has 0 aliphatic heterocycles. The summed E-state index contributed by atoms with van der Waals surface area (Å²) < 4.78 is 15.6. The Kier molecular flexibility index (Phi) is 6.05. The molecule has 0 saturated heterocycles. The molecule has 0 aromatic rings. The first kappa shape index (κ1) is 17.6. The van der Waals surface area contributed by atoms with Crippen LogP contribution in [0.3, 0.4) is 0 Å². The van der Waals surface area contributed by atoms with Crippen molar-refractivity contribution in [3.63, 3.8) is 0 Å². The van der Waals surface area contributed by atoms with Crippen LogP contribution in [-0.2, 0) is 14.1 Å². The summed E-state index contributed by atoms with van der Waals surface area (Å²) in [7, 11) is -4.10. The third-order valence-corrected chi connectivity index (χ3v) is 3.81. The second-order valence-corrected chi connectivity index (χ2v) is 7.88. The van der Waals surface area contributed by atoms with E-state index in [9.17, 15) is 9.36 Å². The first-order valence-corrected chi connectivity index (χ1v) is 7.91. The number of ether oxygens (including phenoxy) is 1.